The summed E-state index contributed by atoms with van der Waals surface area (Å²) in [5.41, 5.74) is 2.41. The van der Waals surface area contributed by atoms with Crippen molar-refractivity contribution in [2.45, 2.75) is 26.7 Å². The fourth-order valence-electron chi connectivity index (χ4n) is 1.32. The number of halogens is 2. The average Bonchev–Trinajstić information content (AvgIpc) is 2.58. The Balaban J connectivity index is 2.76. The maximum Gasteiger partial charge on any atom is 0.158 e. The summed E-state index contributed by atoms with van der Waals surface area (Å²) >= 11 is 12.1. The van der Waals surface area contributed by atoms with Gasteiger partial charge in [-0.15, -0.1) is 0 Å². The van der Waals surface area contributed by atoms with Gasteiger partial charge in [0.05, 0.1) is 5.69 Å². The largest absolute Gasteiger partial charge is 0.216 e. The highest BCUT2D eigenvalue weighted by Gasteiger charge is 2.12. The molecule has 0 radical (unpaired) electrons. The van der Waals surface area contributed by atoms with E-state index in [1.54, 1.807) is 4.52 Å². The molecule has 0 unspecified atom stereocenters. The number of hydrogen-bond acceptors (Lipinski definition) is 2. The van der Waals surface area contributed by atoms with E-state index in [2.05, 4.69) is 23.9 Å². The maximum absolute atomic E-state index is 6.13. The van der Waals surface area contributed by atoms with Crippen LogP contribution in [-0.4, -0.2) is 14.6 Å². The molecule has 0 aromatic carbocycles. The van der Waals surface area contributed by atoms with Crippen LogP contribution in [0.4, 0.5) is 0 Å². The molecule has 0 saturated carbocycles. The minimum Gasteiger partial charge on any atom is -0.216 e. The number of rotatable bonds is 1. The number of aromatic nitrogens is 3. The second-order valence-electron chi connectivity index (χ2n) is 3.81. The van der Waals surface area contributed by atoms with Gasteiger partial charge in [-0.25, -0.2) is 9.50 Å². The van der Waals surface area contributed by atoms with Crippen molar-refractivity contribution in [2.75, 3.05) is 0 Å². The normalized spacial score (nSPS) is 11.6. The van der Waals surface area contributed by atoms with Gasteiger partial charge in [-0.2, -0.15) is 5.10 Å². The fraction of sp³-hybridized carbons (Fsp3) is 0.400. The lowest BCUT2D eigenvalue weighted by Crippen LogP contribution is -1.97. The first-order valence-corrected chi connectivity index (χ1v) is 5.47. The summed E-state index contributed by atoms with van der Waals surface area (Å²) < 4.78 is 1.62. The molecule has 0 saturated heterocycles. The van der Waals surface area contributed by atoms with Crippen LogP contribution in [0.2, 0.25) is 10.3 Å². The summed E-state index contributed by atoms with van der Waals surface area (Å²) in [5.74, 6) is 0.349. The van der Waals surface area contributed by atoms with Crippen molar-refractivity contribution in [3.63, 3.8) is 0 Å². The summed E-state index contributed by atoms with van der Waals surface area (Å²) in [6, 6.07) is 1.90. The summed E-state index contributed by atoms with van der Waals surface area (Å²) in [5, 5.41) is 5.34. The van der Waals surface area contributed by atoms with Gasteiger partial charge in [0.15, 0.2) is 5.65 Å². The van der Waals surface area contributed by atoms with E-state index in [1.807, 2.05) is 13.0 Å². The molecular weight excluding hydrogens is 233 g/mol. The van der Waals surface area contributed by atoms with Crippen LogP contribution >= 0.6 is 23.2 Å². The van der Waals surface area contributed by atoms with Crippen molar-refractivity contribution in [3.05, 3.63) is 27.6 Å². The van der Waals surface area contributed by atoms with E-state index in [9.17, 15) is 0 Å². The van der Waals surface area contributed by atoms with Crippen LogP contribution in [0.25, 0.3) is 5.65 Å². The molecule has 0 spiro atoms. The third-order valence-electron chi connectivity index (χ3n) is 2.32. The highest BCUT2D eigenvalue weighted by molar-refractivity contribution is 6.34. The smallest absolute Gasteiger partial charge is 0.158 e. The van der Waals surface area contributed by atoms with Crippen molar-refractivity contribution in [1.29, 1.82) is 0 Å². The molecule has 2 aromatic rings. The topological polar surface area (TPSA) is 30.2 Å². The second-order valence-corrected chi connectivity index (χ2v) is 4.53. The molecule has 15 heavy (non-hydrogen) atoms. The number of nitrogens with zero attached hydrogens (tertiary/aromatic N) is 3. The van der Waals surface area contributed by atoms with Crippen molar-refractivity contribution < 1.29 is 0 Å². The van der Waals surface area contributed by atoms with E-state index in [-0.39, 0.29) is 0 Å². The maximum atomic E-state index is 6.13. The zero-order chi connectivity index (χ0) is 11.2. The predicted molar refractivity (Wildman–Crippen MR) is 61.8 cm³/mol. The zero-order valence-corrected chi connectivity index (χ0v) is 10.3. The van der Waals surface area contributed by atoms with Crippen LogP contribution < -0.4 is 0 Å². The zero-order valence-electron chi connectivity index (χ0n) is 8.75. The van der Waals surface area contributed by atoms with E-state index < -0.39 is 0 Å². The van der Waals surface area contributed by atoms with Crippen molar-refractivity contribution in [3.8, 4) is 0 Å². The second kappa shape index (κ2) is 3.65. The average molecular weight is 244 g/mol. The lowest BCUT2D eigenvalue weighted by atomic mass is 10.1. The minimum atomic E-state index is 0.349. The molecule has 0 amide bonds. The Morgan fingerprint density at radius 2 is 2.00 bits per heavy atom. The molecule has 0 aliphatic heterocycles. The minimum absolute atomic E-state index is 0.349. The van der Waals surface area contributed by atoms with Crippen LogP contribution in [0.15, 0.2) is 6.07 Å². The van der Waals surface area contributed by atoms with E-state index >= 15 is 0 Å². The van der Waals surface area contributed by atoms with E-state index in [1.165, 1.54) is 0 Å². The van der Waals surface area contributed by atoms with Gasteiger partial charge in [0.1, 0.15) is 10.3 Å². The molecule has 0 aliphatic carbocycles. The summed E-state index contributed by atoms with van der Waals surface area (Å²) in [7, 11) is 0. The molecular formula is C10H11Cl2N3. The Labute approximate surface area is 98.0 Å². The van der Waals surface area contributed by atoms with Crippen LogP contribution in [0.3, 0.4) is 0 Å². The molecule has 5 heteroatoms. The SMILES string of the molecule is Cc1c(Cl)nc2cc(C(C)C)nn2c1Cl. The van der Waals surface area contributed by atoms with E-state index in [4.69, 9.17) is 23.2 Å². The molecule has 0 fully saturated rings. The van der Waals surface area contributed by atoms with Gasteiger partial charge in [0.2, 0.25) is 0 Å². The Kier molecular flexibility index (Phi) is 2.61. The first-order chi connectivity index (χ1) is 7.00. The lowest BCUT2D eigenvalue weighted by Gasteiger charge is -2.02. The molecule has 0 aliphatic rings. The fourth-order valence-corrected chi connectivity index (χ4v) is 1.76. The highest BCUT2D eigenvalue weighted by Crippen LogP contribution is 2.24. The molecule has 3 nitrogen and oxygen atoms in total. The third-order valence-corrected chi connectivity index (χ3v) is 3.13. The van der Waals surface area contributed by atoms with Crippen LogP contribution in [0, 0.1) is 6.92 Å². The standard InChI is InChI=1S/C10H11Cl2N3/c1-5(2)7-4-8-13-9(11)6(3)10(12)15(8)14-7/h4-5H,1-3H3. The molecule has 0 atom stereocenters. The van der Waals surface area contributed by atoms with Crippen LogP contribution in [-0.2, 0) is 0 Å². The Bertz CT molecular complexity index is 517. The van der Waals surface area contributed by atoms with Gasteiger partial charge < -0.3 is 0 Å². The van der Waals surface area contributed by atoms with Crippen molar-refractivity contribution >= 4 is 28.8 Å². The Morgan fingerprint density at radius 1 is 1.33 bits per heavy atom. The highest BCUT2D eigenvalue weighted by atomic mass is 35.5. The van der Waals surface area contributed by atoms with Crippen molar-refractivity contribution in [1.82, 2.24) is 14.6 Å². The predicted octanol–water partition coefficient (Wildman–Crippen LogP) is 3.47. The summed E-state index contributed by atoms with van der Waals surface area (Å²) in [6.45, 7) is 5.97. The van der Waals surface area contributed by atoms with Gasteiger partial charge in [-0.05, 0) is 12.8 Å². The monoisotopic (exact) mass is 243 g/mol. The Morgan fingerprint density at radius 3 is 2.60 bits per heavy atom. The quantitative estimate of drug-likeness (QED) is 0.719. The molecule has 80 valence electrons. The van der Waals surface area contributed by atoms with Gasteiger partial charge in [-0.1, -0.05) is 37.0 Å². The first kappa shape index (κ1) is 10.7. The van der Waals surface area contributed by atoms with Gasteiger partial charge in [0, 0.05) is 11.6 Å². The molecule has 2 heterocycles. The van der Waals surface area contributed by atoms with Crippen LogP contribution in [0.1, 0.15) is 31.0 Å². The number of fused-ring (bicyclic) bond motifs is 1. The third kappa shape index (κ3) is 1.70. The summed E-state index contributed by atoms with van der Waals surface area (Å²) in [6.07, 6.45) is 0. The van der Waals surface area contributed by atoms with Crippen LogP contribution in [0.5, 0.6) is 0 Å². The first-order valence-electron chi connectivity index (χ1n) is 4.72. The summed E-state index contributed by atoms with van der Waals surface area (Å²) in [4.78, 5) is 4.22. The molecule has 0 bridgehead atoms. The van der Waals surface area contributed by atoms with Gasteiger partial charge in [-0.3, -0.25) is 0 Å². The van der Waals surface area contributed by atoms with Gasteiger partial charge >= 0.3 is 0 Å². The van der Waals surface area contributed by atoms with Gasteiger partial charge in [0.25, 0.3) is 0 Å². The van der Waals surface area contributed by atoms with Crippen molar-refractivity contribution in [2.24, 2.45) is 0 Å². The Hall–Kier alpha value is -0.800. The molecule has 2 aromatic heterocycles. The molecule has 0 N–H and O–H groups in total. The van der Waals surface area contributed by atoms with E-state index in [0.29, 0.717) is 21.9 Å². The lowest BCUT2D eigenvalue weighted by molar-refractivity contribution is 0.785. The van der Waals surface area contributed by atoms with E-state index in [0.717, 1.165) is 11.3 Å². The number of hydrogen-bond donors (Lipinski definition) is 0. The molecule has 2 rings (SSSR count).